The molecule has 6 heteroatoms. The van der Waals surface area contributed by atoms with Crippen LogP contribution in [-0.4, -0.2) is 47.4 Å². The Morgan fingerprint density at radius 1 is 1.69 bits per heavy atom. The molecule has 1 N–H and O–H groups in total. The fourth-order valence-corrected chi connectivity index (χ4v) is 1.85. The number of carbonyl (C=O) groups is 2. The summed E-state index contributed by atoms with van der Waals surface area (Å²) >= 11 is 1.37. The van der Waals surface area contributed by atoms with Crippen LogP contribution in [0.1, 0.15) is 0 Å². The van der Waals surface area contributed by atoms with Gasteiger partial charge in [-0.05, 0) is 0 Å². The first-order valence-electron chi connectivity index (χ1n) is 3.60. The number of carboxylic acid groups (broad SMARTS) is 1. The van der Waals surface area contributed by atoms with E-state index in [2.05, 4.69) is 9.73 Å². The Morgan fingerprint density at radius 2 is 2.38 bits per heavy atom. The van der Waals surface area contributed by atoms with Crippen LogP contribution in [-0.2, 0) is 14.3 Å². The predicted molar refractivity (Wildman–Crippen MR) is 48.2 cm³/mol. The minimum Gasteiger partial charge on any atom is -0.477 e. The fraction of sp³-hybridized carbons (Fsp3) is 0.571. The van der Waals surface area contributed by atoms with Crippen LogP contribution >= 0.6 is 11.8 Å². The number of hydrogen-bond acceptors (Lipinski definition) is 5. The van der Waals surface area contributed by atoms with Crippen LogP contribution < -0.4 is 0 Å². The Balaban J connectivity index is 2.73. The SMILES string of the molecule is COC(=O)[C@@H]1CSCC(C(=O)O)=N1. The van der Waals surface area contributed by atoms with E-state index in [-0.39, 0.29) is 5.71 Å². The summed E-state index contributed by atoms with van der Waals surface area (Å²) < 4.78 is 4.47. The first kappa shape index (κ1) is 10.0. The molecule has 0 saturated heterocycles. The number of thioether (sulfide) groups is 1. The van der Waals surface area contributed by atoms with Gasteiger partial charge in [-0.1, -0.05) is 0 Å². The quantitative estimate of drug-likeness (QED) is 0.629. The smallest absolute Gasteiger partial charge is 0.350 e. The van der Waals surface area contributed by atoms with Crippen molar-refractivity contribution >= 4 is 29.4 Å². The number of ether oxygens (including phenoxy) is 1. The summed E-state index contributed by atoms with van der Waals surface area (Å²) in [6, 6.07) is -0.658. The van der Waals surface area contributed by atoms with Crippen molar-refractivity contribution in [1.29, 1.82) is 0 Å². The molecule has 0 spiro atoms. The molecule has 0 aliphatic carbocycles. The first-order chi connectivity index (χ1) is 6.15. The fourth-order valence-electron chi connectivity index (χ4n) is 0.904. The van der Waals surface area contributed by atoms with Crippen LogP contribution in [0.2, 0.25) is 0 Å². The Bertz CT molecular complexity index is 263. The van der Waals surface area contributed by atoms with E-state index in [4.69, 9.17) is 5.11 Å². The van der Waals surface area contributed by atoms with Crippen molar-refractivity contribution in [3.63, 3.8) is 0 Å². The van der Waals surface area contributed by atoms with Crippen LogP contribution in [0.4, 0.5) is 0 Å². The largest absolute Gasteiger partial charge is 0.477 e. The second-order valence-corrected chi connectivity index (χ2v) is 3.47. The molecule has 1 aliphatic rings. The van der Waals surface area contributed by atoms with Gasteiger partial charge in [-0.2, -0.15) is 11.8 Å². The molecule has 0 radical (unpaired) electrons. The molecule has 0 fully saturated rings. The van der Waals surface area contributed by atoms with Crippen LogP contribution in [0, 0.1) is 0 Å². The van der Waals surface area contributed by atoms with E-state index in [1.54, 1.807) is 0 Å². The van der Waals surface area contributed by atoms with Gasteiger partial charge in [0.25, 0.3) is 0 Å². The van der Waals surface area contributed by atoms with Crippen molar-refractivity contribution in [2.24, 2.45) is 4.99 Å². The topological polar surface area (TPSA) is 76.0 Å². The number of aliphatic imine (C=N–C) groups is 1. The maximum Gasteiger partial charge on any atom is 0.350 e. The van der Waals surface area contributed by atoms with E-state index in [1.807, 2.05) is 0 Å². The van der Waals surface area contributed by atoms with Crippen LogP contribution in [0.5, 0.6) is 0 Å². The highest BCUT2D eigenvalue weighted by Gasteiger charge is 2.25. The van der Waals surface area contributed by atoms with Gasteiger partial charge in [0, 0.05) is 11.5 Å². The highest BCUT2D eigenvalue weighted by atomic mass is 32.2. The average Bonchev–Trinajstić information content (AvgIpc) is 2.17. The Morgan fingerprint density at radius 3 is 2.92 bits per heavy atom. The van der Waals surface area contributed by atoms with E-state index in [1.165, 1.54) is 18.9 Å². The summed E-state index contributed by atoms with van der Waals surface area (Å²) in [7, 11) is 1.26. The summed E-state index contributed by atoms with van der Waals surface area (Å²) in [5.41, 5.74) is 0.0339. The van der Waals surface area contributed by atoms with Gasteiger partial charge in [-0.25, -0.2) is 9.59 Å². The summed E-state index contributed by atoms with van der Waals surface area (Å²) in [6.45, 7) is 0. The Kier molecular flexibility index (Phi) is 3.30. The number of aliphatic carboxylic acids is 1. The van der Waals surface area contributed by atoms with Gasteiger partial charge < -0.3 is 9.84 Å². The van der Waals surface area contributed by atoms with Crippen molar-refractivity contribution in [3.05, 3.63) is 0 Å². The van der Waals surface area contributed by atoms with E-state index in [0.717, 1.165) is 0 Å². The zero-order valence-electron chi connectivity index (χ0n) is 7.02. The van der Waals surface area contributed by atoms with Gasteiger partial charge in [0.1, 0.15) is 5.71 Å². The van der Waals surface area contributed by atoms with Gasteiger partial charge >= 0.3 is 11.9 Å². The molecule has 5 nitrogen and oxygen atoms in total. The Labute approximate surface area is 79.2 Å². The van der Waals surface area contributed by atoms with E-state index in [9.17, 15) is 9.59 Å². The minimum absolute atomic E-state index is 0.0339. The number of hydrogen-bond donors (Lipinski definition) is 1. The third kappa shape index (κ3) is 2.45. The van der Waals surface area contributed by atoms with Crippen LogP contribution in [0.15, 0.2) is 4.99 Å². The third-order valence-corrected chi connectivity index (χ3v) is 2.58. The highest BCUT2D eigenvalue weighted by Crippen LogP contribution is 2.14. The molecular weight excluding hydrogens is 194 g/mol. The molecule has 72 valence electrons. The lowest BCUT2D eigenvalue weighted by Crippen LogP contribution is -2.31. The lowest BCUT2D eigenvalue weighted by molar-refractivity contribution is -0.141. The van der Waals surface area contributed by atoms with Gasteiger partial charge in [-0.15, -0.1) is 0 Å². The van der Waals surface area contributed by atoms with Crippen molar-refractivity contribution in [2.45, 2.75) is 6.04 Å². The molecule has 0 aromatic rings. The molecule has 0 unspecified atom stereocenters. The molecule has 1 atom stereocenters. The number of methoxy groups -OCH3 is 1. The number of nitrogens with zero attached hydrogens (tertiary/aromatic N) is 1. The molecule has 13 heavy (non-hydrogen) atoms. The molecular formula is C7H9NO4S. The zero-order valence-corrected chi connectivity index (χ0v) is 7.84. The van der Waals surface area contributed by atoms with Crippen LogP contribution in [0.25, 0.3) is 0 Å². The molecule has 0 aromatic heterocycles. The standard InChI is InChI=1S/C7H9NO4S/c1-12-7(11)5-3-13-2-4(8-5)6(9)10/h5H,2-3H2,1H3,(H,9,10)/t5-/m0/s1. The van der Waals surface area contributed by atoms with Crippen molar-refractivity contribution in [1.82, 2.24) is 0 Å². The number of esters is 1. The van der Waals surface area contributed by atoms with Gasteiger partial charge in [-0.3, -0.25) is 4.99 Å². The average molecular weight is 203 g/mol. The van der Waals surface area contributed by atoms with Gasteiger partial charge in [0.2, 0.25) is 0 Å². The summed E-state index contributed by atoms with van der Waals surface area (Å²) in [5, 5.41) is 8.61. The molecule has 0 aromatic carbocycles. The molecule has 0 bridgehead atoms. The van der Waals surface area contributed by atoms with Gasteiger partial charge in [0.15, 0.2) is 6.04 Å². The number of rotatable bonds is 2. The van der Waals surface area contributed by atoms with Crippen molar-refractivity contribution in [2.75, 3.05) is 18.6 Å². The highest BCUT2D eigenvalue weighted by molar-refractivity contribution is 8.00. The van der Waals surface area contributed by atoms with Crippen LogP contribution in [0.3, 0.4) is 0 Å². The van der Waals surface area contributed by atoms with Crippen molar-refractivity contribution < 1.29 is 19.4 Å². The zero-order chi connectivity index (χ0) is 9.84. The maximum atomic E-state index is 11.0. The number of carboxylic acids is 1. The monoisotopic (exact) mass is 203 g/mol. The van der Waals surface area contributed by atoms with Crippen molar-refractivity contribution in [3.8, 4) is 0 Å². The summed E-state index contributed by atoms with van der Waals surface area (Å²) in [6.07, 6.45) is 0. The second kappa shape index (κ2) is 4.27. The molecule has 0 amide bonds. The first-order valence-corrected chi connectivity index (χ1v) is 4.76. The summed E-state index contributed by atoms with van der Waals surface area (Å²) in [5.74, 6) is -0.709. The molecule has 0 saturated carbocycles. The molecule has 1 rings (SSSR count). The summed E-state index contributed by atoms with van der Waals surface area (Å²) in [4.78, 5) is 25.3. The molecule has 1 heterocycles. The Hall–Kier alpha value is -1.04. The minimum atomic E-state index is -1.07. The lowest BCUT2D eigenvalue weighted by atomic mass is 10.3. The second-order valence-electron chi connectivity index (χ2n) is 2.44. The van der Waals surface area contributed by atoms with E-state index >= 15 is 0 Å². The maximum absolute atomic E-state index is 11.0. The third-order valence-electron chi connectivity index (χ3n) is 1.55. The normalized spacial score (nSPS) is 21.9. The number of carbonyl (C=O) groups excluding carboxylic acids is 1. The van der Waals surface area contributed by atoms with Gasteiger partial charge in [0.05, 0.1) is 7.11 Å². The lowest BCUT2D eigenvalue weighted by Gasteiger charge is -2.15. The van der Waals surface area contributed by atoms with E-state index in [0.29, 0.717) is 11.5 Å². The van der Waals surface area contributed by atoms with E-state index < -0.39 is 18.0 Å². The predicted octanol–water partition coefficient (Wildman–Crippen LogP) is -0.200. The molecule has 1 aliphatic heterocycles.